The van der Waals surface area contributed by atoms with Gasteiger partial charge in [0.05, 0.1) is 9.82 Å². The molecule has 0 aliphatic heterocycles. The summed E-state index contributed by atoms with van der Waals surface area (Å²) in [7, 11) is -2.43. The fourth-order valence-corrected chi connectivity index (χ4v) is 2.73. The Morgan fingerprint density at radius 2 is 2.00 bits per heavy atom. The van der Waals surface area contributed by atoms with Gasteiger partial charge in [-0.25, -0.2) is 12.7 Å². The highest BCUT2D eigenvalue weighted by Crippen LogP contribution is 2.23. The van der Waals surface area contributed by atoms with Crippen molar-refractivity contribution in [2.24, 2.45) is 5.92 Å². The van der Waals surface area contributed by atoms with Crippen LogP contribution in [0.3, 0.4) is 0 Å². The lowest BCUT2D eigenvalue weighted by Gasteiger charge is -2.18. The lowest BCUT2D eigenvalue weighted by Crippen LogP contribution is -2.28. The van der Waals surface area contributed by atoms with Crippen LogP contribution in [-0.4, -0.2) is 31.2 Å². The smallest absolute Gasteiger partial charge is 0.258 e. The SMILES string of the molecule is CC(C)CCN(C)S(=O)(=O)c1ccc([N+](=O)[O-])c(F)c1. The molecule has 0 unspecified atom stereocenters. The molecule has 0 fully saturated rings. The summed E-state index contributed by atoms with van der Waals surface area (Å²) >= 11 is 0. The molecule has 0 N–H and O–H groups in total. The van der Waals surface area contributed by atoms with Gasteiger partial charge < -0.3 is 0 Å². The van der Waals surface area contributed by atoms with E-state index in [0.29, 0.717) is 24.9 Å². The first kappa shape index (κ1) is 16.5. The number of rotatable bonds is 6. The molecule has 1 aromatic rings. The number of nitrogens with zero attached hydrogens (tertiary/aromatic N) is 2. The Hall–Kier alpha value is -1.54. The van der Waals surface area contributed by atoms with E-state index in [1.165, 1.54) is 7.05 Å². The Balaban J connectivity index is 3.04. The average molecular weight is 304 g/mol. The maximum atomic E-state index is 13.5. The molecule has 0 bridgehead atoms. The number of hydrogen-bond donors (Lipinski definition) is 0. The summed E-state index contributed by atoms with van der Waals surface area (Å²) in [4.78, 5) is 9.32. The van der Waals surface area contributed by atoms with Gasteiger partial charge in [-0.05, 0) is 18.4 Å². The van der Waals surface area contributed by atoms with Gasteiger partial charge >= 0.3 is 5.69 Å². The maximum Gasteiger partial charge on any atom is 0.304 e. The Bertz CT molecular complexity index is 601. The quantitative estimate of drug-likeness (QED) is 0.597. The molecule has 1 rings (SSSR count). The number of halogens is 1. The van der Waals surface area contributed by atoms with Crippen LogP contribution in [0.1, 0.15) is 20.3 Å². The molecule has 0 spiro atoms. The molecular formula is C12H17FN2O4S. The van der Waals surface area contributed by atoms with E-state index in [-0.39, 0.29) is 4.90 Å². The molecule has 6 nitrogen and oxygen atoms in total. The van der Waals surface area contributed by atoms with E-state index in [0.717, 1.165) is 16.4 Å². The molecular weight excluding hydrogens is 287 g/mol. The van der Waals surface area contributed by atoms with Crippen LogP contribution in [0.25, 0.3) is 0 Å². The van der Waals surface area contributed by atoms with E-state index in [2.05, 4.69) is 0 Å². The van der Waals surface area contributed by atoms with Gasteiger partial charge in [0, 0.05) is 25.7 Å². The Kier molecular flexibility index (Phi) is 5.18. The van der Waals surface area contributed by atoms with Gasteiger partial charge in [0.2, 0.25) is 15.8 Å². The van der Waals surface area contributed by atoms with E-state index >= 15 is 0 Å². The molecule has 0 saturated carbocycles. The van der Waals surface area contributed by atoms with Crippen molar-refractivity contribution in [1.29, 1.82) is 0 Å². The van der Waals surface area contributed by atoms with Crippen LogP contribution < -0.4 is 0 Å². The Morgan fingerprint density at radius 1 is 1.40 bits per heavy atom. The van der Waals surface area contributed by atoms with Crippen LogP contribution >= 0.6 is 0 Å². The Morgan fingerprint density at radius 3 is 2.45 bits per heavy atom. The Labute approximate surface area is 117 Å². The molecule has 0 heterocycles. The summed E-state index contributed by atoms with van der Waals surface area (Å²) in [6.07, 6.45) is 0.672. The van der Waals surface area contributed by atoms with Crippen LogP contribution in [0, 0.1) is 21.8 Å². The molecule has 0 atom stereocenters. The molecule has 1 aromatic carbocycles. The molecule has 0 aliphatic carbocycles. The van der Waals surface area contributed by atoms with Crippen molar-refractivity contribution in [1.82, 2.24) is 4.31 Å². The molecule has 0 amide bonds. The van der Waals surface area contributed by atoms with Gasteiger partial charge in [0.1, 0.15) is 0 Å². The number of sulfonamides is 1. The first-order valence-electron chi connectivity index (χ1n) is 6.06. The normalized spacial score (nSPS) is 12.1. The van der Waals surface area contributed by atoms with Gasteiger partial charge in [-0.2, -0.15) is 4.39 Å². The van der Waals surface area contributed by atoms with Gasteiger partial charge in [0.25, 0.3) is 0 Å². The minimum Gasteiger partial charge on any atom is -0.258 e. The van der Waals surface area contributed by atoms with Crippen molar-refractivity contribution in [2.75, 3.05) is 13.6 Å². The van der Waals surface area contributed by atoms with Crippen molar-refractivity contribution in [3.8, 4) is 0 Å². The second-order valence-electron chi connectivity index (χ2n) is 4.88. The zero-order chi connectivity index (χ0) is 15.5. The number of hydrogen-bond acceptors (Lipinski definition) is 4. The minimum atomic E-state index is -3.83. The lowest BCUT2D eigenvalue weighted by molar-refractivity contribution is -0.387. The van der Waals surface area contributed by atoms with Crippen LogP contribution in [0.5, 0.6) is 0 Å². The molecule has 8 heteroatoms. The number of nitro groups is 1. The first-order valence-corrected chi connectivity index (χ1v) is 7.50. The predicted octanol–water partition coefficient (Wildman–Crippen LogP) is 2.40. The fourth-order valence-electron chi connectivity index (χ4n) is 1.54. The van der Waals surface area contributed by atoms with Crippen LogP contribution in [0.15, 0.2) is 23.1 Å². The standard InChI is InChI=1S/C12H17FN2O4S/c1-9(2)6-7-14(3)20(18,19)10-4-5-12(15(16)17)11(13)8-10/h4-5,8-9H,6-7H2,1-3H3. The monoisotopic (exact) mass is 304 g/mol. The topological polar surface area (TPSA) is 80.5 Å². The lowest BCUT2D eigenvalue weighted by atomic mass is 10.1. The summed E-state index contributed by atoms with van der Waals surface area (Å²) < 4.78 is 38.9. The van der Waals surface area contributed by atoms with Gasteiger partial charge in [0.15, 0.2) is 0 Å². The highest BCUT2D eigenvalue weighted by atomic mass is 32.2. The summed E-state index contributed by atoms with van der Waals surface area (Å²) in [6, 6.07) is 2.58. The van der Waals surface area contributed by atoms with Crippen molar-refractivity contribution >= 4 is 15.7 Å². The van der Waals surface area contributed by atoms with Crippen LogP contribution in [0.4, 0.5) is 10.1 Å². The van der Waals surface area contributed by atoms with Crippen LogP contribution in [0.2, 0.25) is 0 Å². The zero-order valence-corrected chi connectivity index (χ0v) is 12.4. The molecule has 20 heavy (non-hydrogen) atoms. The summed E-state index contributed by atoms with van der Waals surface area (Å²) in [5, 5.41) is 10.5. The molecule has 112 valence electrons. The summed E-state index contributed by atoms with van der Waals surface area (Å²) in [5.74, 6) is -0.824. The van der Waals surface area contributed by atoms with Gasteiger partial charge in [-0.15, -0.1) is 0 Å². The fraction of sp³-hybridized carbons (Fsp3) is 0.500. The van der Waals surface area contributed by atoms with E-state index in [1.807, 2.05) is 13.8 Å². The number of nitro benzene ring substituents is 1. The third-order valence-corrected chi connectivity index (χ3v) is 4.70. The molecule has 0 radical (unpaired) electrons. The maximum absolute atomic E-state index is 13.5. The van der Waals surface area contributed by atoms with E-state index < -0.39 is 26.5 Å². The molecule has 0 aromatic heterocycles. The largest absolute Gasteiger partial charge is 0.304 e. The van der Waals surface area contributed by atoms with Crippen LogP contribution in [-0.2, 0) is 10.0 Å². The van der Waals surface area contributed by atoms with E-state index in [4.69, 9.17) is 0 Å². The van der Waals surface area contributed by atoms with Crippen molar-refractivity contribution < 1.29 is 17.7 Å². The summed E-state index contributed by atoms with van der Waals surface area (Å²) in [5.41, 5.74) is -0.742. The second-order valence-corrected chi connectivity index (χ2v) is 6.92. The first-order chi connectivity index (χ1) is 9.16. The van der Waals surface area contributed by atoms with E-state index in [9.17, 15) is 22.9 Å². The molecule has 0 saturated heterocycles. The van der Waals surface area contributed by atoms with Crippen molar-refractivity contribution in [2.45, 2.75) is 25.2 Å². The van der Waals surface area contributed by atoms with Gasteiger partial charge in [-0.3, -0.25) is 10.1 Å². The molecule has 0 aliphatic rings. The highest BCUT2D eigenvalue weighted by molar-refractivity contribution is 7.89. The van der Waals surface area contributed by atoms with Gasteiger partial charge in [-0.1, -0.05) is 13.8 Å². The van der Waals surface area contributed by atoms with E-state index in [1.54, 1.807) is 0 Å². The third kappa shape index (κ3) is 3.73. The zero-order valence-electron chi connectivity index (χ0n) is 11.5. The third-order valence-electron chi connectivity index (χ3n) is 2.85. The second kappa shape index (κ2) is 6.27. The minimum absolute atomic E-state index is 0.285. The van der Waals surface area contributed by atoms with Crippen molar-refractivity contribution in [3.63, 3.8) is 0 Å². The predicted molar refractivity (Wildman–Crippen MR) is 72.3 cm³/mol. The number of benzene rings is 1. The summed E-state index contributed by atoms with van der Waals surface area (Å²) in [6.45, 7) is 4.23. The average Bonchev–Trinajstić information content (AvgIpc) is 2.34. The highest BCUT2D eigenvalue weighted by Gasteiger charge is 2.24. The van der Waals surface area contributed by atoms with Crippen molar-refractivity contribution in [3.05, 3.63) is 34.1 Å².